The second-order valence-electron chi connectivity index (χ2n) is 6.52. The van der Waals surface area contributed by atoms with Gasteiger partial charge in [-0.15, -0.1) is 0 Å². The summed E-state index contributed by atoms with van der Waals surface area (Å²) in [6.45, 7) is 3.60. The average Bonchev–Trinajstić information content (AvgIpc) is 3.38. The van der Waals surface area contributed by atoms with Gasteiger partial charge in [0.2, 0.25) is 0 Å². The third kappa shape index (κ3) is 3.42. The van der Waals surface area contributed by atoms with Crippen molar-refractivity contribution in [2.24, 2.45) is 7.05 Å². The summed E-state index contributed by atoms with van der Waals surface area (Å²) in [5, 5.41) is 4.02. The lowest BCUT2D eigenvalue weighted by molar-refractivity contribution is 0.596. The molecule has 0 aliphatic carbocycles. The lowest BCUT2D eigenvalue weighted by Gasteiger charge is -2.11. The Morgan fingerprint density at radius 3 is 2.48 bits per heavy atom. The molecule has 3 heterocycles. The number of sulfone groups is 1. The highest BCUT2D eigenvalue weighted by molar-refractivity contribution is 7.91. The number of aryl methyl sites for hydroxylation is 1. The molecule has 0 spiro atoms. The van der Waals surface area contributed by atoms with Crippen molar-refractivity contribution in [1.82, 2.24) is 34.3 Å². The van der Waals surface area contributed by atoms with Crippen molar-refractivity contribution in [2.75, 3.05) is 5.75 Å². The highest BCUT2D eigenvalue weighted by atomic mass is 32.2. The van der Waals surface area contributed by atoms with E-state index in [-0.39, 0.29) is 22.3 Å². The Labute approximate surface area is 168 Å². The molecule has 0 aliphatic heterocycles. The van der Waals surface area contributed by atoms with Crippen LogP contribution in [0.15, 0.2) is 54.2 Å². The number of hydrogen-bond donors (Lipinski definition) is 0. The second kappa shape index (κ2) is 7.21. The van der Waals surface area contributed by atoms with E-state index >= 15 is 0 Å². The van der Waals surface area contributed by atoms with E-state index in [0.29, 0.717) is 5.82 Å². The van der Waals surface area contributed by atoms with Gasteiger partial charge in [-0.3, -0.25) is 0 Å². The van der Waals surface area contributed by atoms with Gasteiger partial charge in [0.05, 0.1) is 23.8 Å². The monoisotopic (exact) mass is 409 g/mol. The molecular weight excluding hydrogens is 390 g/mol. The van der Waals surface area contributed by atoms with E-state index in [1.165, 1.54) is 23.5 Å². The molecule has 3 aromatic heterocycles. The summed E-state index contributed by atoms with van der Waals surface area (Å²) in [4.78, 5) is 17.0. The molecule has 29 heavy (non-hydrogen) atoms. The summed E-state index contributed by atoms with van der Waals surface area (Å²) in [7, 11) is -1.73. The van der Waals surface area contributed by atoms with Crippen LogP contribution in [0.3, 0.4) is 0 Å². The lowest BCUT2D eigenvalue weighted by atomic mass is 10.1. The normalized spacial score (nSPS) is 11.7. The van der Waals surface area contributed by atoms with Crippen LogP contribution in [0.1, 0.15) is 12.5 Å². The van der Waals surface area contributed by atoms with Gasteiger partial charge in [-0.05, 0) is 12.5 Å². The Bertz CT molecular complexity index is 1260. The molecule has 148 valence electrons. The van der Waals surface area contributed by atoms with Gasteiger partial charge >= 0.3 is 0 Å². The molecular formula is C19H19N7O2S. The SMILES string of the molecule is CCS(=O)(=O)c1cnc(-n2cncn2)nc1-c1ncc(-c2ccc(C)cc2)n1C. The molecule has 4 aromatic rings. The first-order valence-corrected chi connectivity index (χ1v) is 10.6. The molecule has 10 heteroatoms. The summed E-state index contributed by atoms with van der Waals surface area (Å²) in [6.07, 6.45) is 5.82. The zero-order chi connectivity index (χ0) is 20.6. The van der Waals surface area contributed by atoms with E-state index in [1.807, 2.05) is 42.8 Å². The van der Waals surface area contributed by atoms with Crippen LogP contribution in [0.2, 0.25) is 0 Å². The number of rotatable bonds is 5. The summed E-state index contributed by atoms with van der Waals surface area (Å²) in [5.74, 6) is 0.574. The van der Waals surface area contributed by atoms with Gasteiger partial charge in [-0.25, -0.2) is 28.4 Å². The number of hydrogen-bond acceptors (Lipinski definition) is 7. The van der Waals surface area contributed by atoms with E-state index < -0.39 is 9.84 Å². The minimum atomic E-state index is -3.56. The lowest BCUT2D eigenvalue weighted by Crippen LogP contribution is -2.12. The Balaban J connectivity index is 1.91. The fourth-order valence-electron chi connectivity index (χ4n) is 2.95. The Morgan fingerprint density at radius 1 is 1.07 bits per heavy atom. The predicted octanol–water partition coefficient (Wildman–Crippen LogP) is 2.23. The molecule has 9 nitrogen and oxygen atoms in total. The van der Waals surface area contributed by atoms with Crippen LogP contribution in [-0.4, -0.2) is 48.5 Å². The van der Waals surface area contributed by atoms with Gasteiger partial charge in [0.1, 0.15) is 23.2 Å². The molecule has 0 amide bonds. The number of imidazole rings is 1. The van der Waals surface area contributed by atoms with Gasteiger partial charge in [-0.2, -0.15) is 9.78 Å². The highest BCUT2D eigenvalue weighted by Crippen LogP contribution is 2.29. The smallest absolute Gasteiger partial charge is 0.252 e. The summed E-state index contributed by atoms with van der Waals surface area (Å²) in [6, 6.07) is 8.03. The minimum absolute atomic E-state index is 0.0352. The molecule has 0 radical (unpaired) electrons. The van der Waals surface area contributed by atoms with Gasteiger partial charge in [-0.1, -0.05) is 36.8 Å². The second-order valence-corrected chi connectivity index (χ2v) is 8.77. The van der Waals surface area contributed by atoms with Crippen LogP contribution >= 0.6 is 0 Å². The molecule has 0 N–H and O–H groups in total. The summed E-state index contributed by atoms with van der Waals surface area (Å²) in [5.41, 5.74) is 3.21. The van der Waals surface area contributed by atoms with Crippen molar-refractivity contribution in [3.05, 3.63) is 54.9 Å². The molecule has 0 aliphatic rings. The molecule has 1 aromatic carbocycles. The first-order valence-electron chi connectivity index (χ1n) is 8.94. The van der Waals surface area contributed by atoms with Crippen molar-refractivity contribution in [3.63, 3.8) is 0 Å². The number of nitrogens with zero attached hydrogens (tertiary/aromatic N) is 7. The van der Waals surface area contributed by atoms with Gasteiger partial charge < -0.3 is 4.57 Å². The zero-order valence-electron chi connectivity index (χ0n) is 16.2. The maximum absolute atomic E-state index is 12.7. The summed E-state index contributed by atoms with van der Waals surface area (Å²) < 4.78 is 28.5. The van der Waals surface area contributed by atoms with Crippen LogP contribution in [0.5, 0.6) is 0 Å². The molecule has 0 atom stereocenters. The minimum Gasteiger partial charge on any atom is -0.326 e. The van der Waals surface area contributed by atoms with Crippen molar-refractivity contribution in [3.8, 4) is 28.7 Å². The fourth-order valence-corrected chi connectivity index (χ4v) is 3.90. The Morgan fingerprint density at radius 2 is 1.83 bits per heavy atom. The third-order valence-electron chi connectivity index (χ3n) is 4.63. The standard InChI is InChI=1S/C19H19N7O2S/c1-4-29(27,28)16-10-22-19(26-12-20-11-23-26)24-17(16)18-21-9-15(25(18)3)14-7-5-13(2)6-8-14/h5-12H,4H2,1-3H3. The van der Waals surface area contributed by atoms with Crippen LogP contribution in [-0.2, 0) is 16.9 Å². The number of aromatic nitrogens is 7. The van der Waals surface area contributed by atoms with Gasteiger partial charge in [0.15, 0.2) is 15.7 Å². The Hall–Kier alpha value is -3.40. The van der Waals surface area contributed by atoms with Crippen molar-refractivity contribution < 1.29 is 8.42 Å². The van der Waals surface area contributed by atoms with E-state index in [0.717, 1.165) is 16.8 Å². The predicted molar refractivity (Wildman–Crippen MR) is 107 cm³/mol. The maximum Gasteiger partial charge on any atom is 0.252 e. The van der Waals surface area contributed by atoms with E-state index in [2.05, 4.69) is 25.0 Å². The van der Waals surface area contributed by atoms with E-state index in [4.69, 9.17) is 0 Å². The molecule has 0 saturated heterocycles. The molecule has 0 bridgehead atoms. The first-order chi connectivity index (χ1) is 13.9. The average molecular weight is 409 g/mol. The van der Waals surface area contributed by atoms with Crippen LogP contribution in [0.25, 0.3) is 28.7 Å². The molecule has 0 fully saturated rings. The van der Waals surface area contributed by atoms with Crippen LogP contribution in [0.4, 0.5) is 0 Å². The van der Waals surface area contributed by atoms with Gasteiger partial charge in [0.25, 0.3) is 5.95 Å². The molecule has 0 unspecified atom stereocenters. The van der Waals surface area contributed by atoms with E-state index in [9.17, 15) is 8.42 Å². The van der Waals surface area contributed by atoms with Crippen molar-refractivity contribution >= 4 is 9.84 Å². The van der Waals surface area contributed by atoms with Crippen LogP contribution in [0, 0.1) is 6.92 Å². The molecule has 4 rings (SSSR count). The third-order valence-corrected chi connectivity index (χ3v) is 6.36. The van der Waals surface area contributed by atoms with Crippen molar-refractivity contribution in [2.45, 2.75) is 18.7 Å². The summed E-state index contributed by atoms with van der Waals surface area (Å²) >= 11 is 0. The van der Waals surface area contributed by atoms with Gasteiger partial charge in [0, 0.05) is 7.05 Å². The Kier molecular flexibility index (Phi) is 4.71. The molecule has 0 saturated carbocycles. The van der Waals surface area contributed by atoms with E-state index in [1.54, 1.807) is 13.1 Å². The highest BCUT2D eigenvalue weighted by Gasteiger charge is 2.24. The topological polar surface area (TPSA) is 108 Å². The largest absolute Gasteiger partial charge is 0.326 e. The van der Waals surface area contributed by atoms with Crippen molar-refractivity contribution in [1.29, 1.82) is 0 Å². The van der Waals surface area contributed by atoms with Crippen LogP contribution < -0.4 is 0 Å². The maximum atomic E-state index is 12.7. The quantitative estimate of drug-likeness (QED) is 0.497. The fraction of sp³-hybridized carbons (Fsp3) is 0.211. The first kappa shape index (κ1) is 18.9. The number of benzene rings is 1. The zero-order valence-corrected chi connectivity index (χ0v) is 17.0.